The first-order valence-electron chi connectivity index (χ1n) is 2.12. The quantitative estimate of drug-likeness (QED) is 0.139. The van der Waals surface area contributed by atoms with Crippen molar-refractivity contribution in [2.24, 2.45) is 10.9 Å². The second-order valence-electron chi connectivity index (χ2n) is 1.36. The molecule has 0 rings (SSSR count). The van der Waals surface area contributed by atoms with Crippen LogP contribution in [0.5, 0.6) is 0 Å². The molecular weight excluding hydrogens is 163 g/mol. The molecule has 0 aliphatic carbocycles. The predicted molar refractivity (Wildman–Crippen MR) is 31.4 cm³/mol. The summed E-state index contributed by atoms with van der Waals surface area (Å²) in [6.45, 7) is -0.596. The van der Waals surface area contributed by atoms with Gasteiger partial charge in [-0.25, -0.2) is 4.57 Å². The smallest absolute Gasteiger partial charge is 0.409 e. The fourth-order valence-corrected chi connectivity index (χ4v) is 0.480. The van der Waals surface area contributed by atoms with Crippen molar-refractivity contribution >= 4 is 13.7 Å². The zero-order valence-corrected chi connectivity index (χ0v) is 5.73. The second kappa shape index (κ2) is 3.52. The lowest BCUT2D eigenvalue weighted by atomic mass is 10.7. The van der Waals surface area contributed by atoms with Crippen molar-refractivity contribution in [2.75, 3.05) is 6.61 Å². The highest BCUT2D eigenvalue weighted by Crippen LogP contribution is 2.35. The van der Waals surface area contributed by atoms with E-state index in [0.29, 0.717) is 0 Å². The minimum atomic E-state index is -4.50. The number of rotatable bonds is 3. The van der Waals surface area contributed by atoms with Crippen LogP contribution in [0.4, 0.5) is 0 Å². The zero-order valence-electron chi connectivity index (χ0n) is 4.84. The number of oxime groups is 1. The number of phosphoric acid groups is 1. The lowest BCUT2D eigenvalue weighted by Crippen LogP contribution is -2.17. The normalized spacial score (nSPS) is 13.6. The third-order valence-corrected chi connectivity index (χ3v) is 0.975. The first-order chi connectivity index (χ1) is 4.45. The number of hydrogen-bond acceptors (Lipinski definition) is 4. The van der Waals surface area contributed by atoms with Crippen LogP contribution < -0.4 is 5.73 Å². The Morgan fingerprint density at radius 3 is 2.50 bits per heavy atom. The molecule has 0 spiro atoms. The van der Waals surface area contributed by atoms with E-state index in [9.17, 15) is 4.57 Å². The molecule has 0 radical (unpaired) electrons. The Bertz CT molecular complexity index is 172. The van der Waals surface area contributed by atoms with E-state index in [-0.39, 0.29) is 0 Å². The van der Waals surface area contributed by atoms with Crippen LogP contribution in [0.2, 0.25) is 0 Å². The third-order valence-electron chi connectivity index (χ3n) is 0.509. The number of phosphoric ester groups is 1. The van der Waals surface area contributed by atoms with E-state index >= 15 is 0 Å². The summed E-state index contributed by atoms with van der Waals surface area (Å²) < 4.78 is 13.8. The number of hydrogen-bond donors (Lipinski definition) is 4. The number of nitrogens with zero attached hydrogens (tertiary/aromatic N) is 1. The van der Waals surface area contributed by atoms with Crippen LogP contribution in [0.15, 0.2) is 5.16 Å². The standard InChI is InChI=1S/C2H7N2O5P/c3-2(4-5)1-9-10(6,7)8/h5H,1H2,(H2,3,4)(H2,6,7,8). The summed E-state index contributed by atoms with van der Waals surface area (Å²) in [4.78, 5) is 16.1. The Hall–Kier alpha value is -0.620. The van der Waals surface area contributed by atoms with Gasteiger partial charge in [0.2, 0.25) is 0 Å². The van der Waals surface area contributed by atoms with E-state index < -0.39 is 20.3 Å². The van der Waals surface area contributed by atoms with Crippen LogP contribution in [0.1, 0.15) is 0 Å². The molecule has 0 bridgehead atoms. The van der Waals surface area contributed by atoms with Gasteiger partial charge in [-0.3, -0.25) is 4.52 Å². The van der Waals surface area contributed by atoms with Crippen LogP contribution in [0, 0.1) is 0 Å². The van der Waals surface area contributed by atoms with Gasteiger partial charge in [0.15, 0.2) is 5.84 Å². The molecule has 8 heteroatoms. The van der Waals surface area contributed by atoms with Crippen molar-refractivity contribution < 1.29 is 24.1 Å². The van der Waals surface area contributed by atoms with Crippen molar-refractivity contribution in [1.29, 1.82) is 0 Å². The van der Waals surface area contributed by atoms with Crippen LogP contribution in [0.25, 0.3) is 0 Å². The minimum absolute atomic E-state index is 0.400. The molecule has 0 saturated carbocycles. The minimum Gasteiger partial charge on any atom is -0.409 e. The zero-order chi connectivity index (χ0) is 8.20. The van der Waals surface area contributed by atoms with Gasteiger partial charge in [0.1, 0.15) is 6.61 Å². The maximum atomic E-state index is 9.93. The third kappa shape index (κ3) is 5.52. The highest BCUT2D eigenvalue weighted by atomic mass is 31.2. The van der Waals surface area contributed by atoms with Gasteiger partial charge in [0.25, 0.3) is 0 Å². The van der Waals surface area contributed by atoms with Crippen LogP contribution >= 0.6 is 7.82 Å². The summed E-state index contributed by atoms with van der Waals surface area (Å²) in [6, 6.07) is 0. The SMILES string of the molecule is N/C(COP(=O)(O)O)=N/O. The van der Waals surface area contributed by atoms with Crippen molar-refractivity contribution in [1.82, 2.24) is 0 Å². The van der Waals surface area contributed by atoms with Gasteiger partial charge in [0.05, 0.1) is 0 Å². The fourth-order valence-electron chi connectivity index (χ4n) is 0.179. The molecule has 10 heavy (non-hydrogen) atoms. The molecule has 5 N–H and O–H groups in total. The maximum absolute atomic E-state index is 9.93. The molecule has 0 aromatic heterocycles. The molecule has 0 unspecified atom stereocenters. The fraction of sp³-hybridized carbons (Fsp3) is 0.500. The van der Waals surface area contributed by atoms with Crippen molar-refractivity contribution in [3.05, 3.63) is 0 Å². The van der Waals surface area contributed by atoms with Gasteiger partial charge in [-0.1, -0.05) is 5.16 Å². The van der Waals surface area contributed by atoms with E-state index in [4.69, 9.17) is 20.7 Å². The van der Waals surface area contributed by atoms with Crippen LogP contribution in [-0.2, 0) is 9.09 Å². The Morgan fingerprint density at radius 1 is 1.70 bits per heavy atom. The van der Waals surface area contributed by atoms with Gasteiger partial charge in [0, 0.05) is 0 Å². The average Bonchev–Trinajstić information content (AvgIpc) is 1.81. The molecule has 0 aromatic rings. The maximum Gasteiger partial charge on any atom is 0.470 e. The molecule has 0 aliphatic heterocycles. The highest BCUT2D eigenvalue weighted by Gasteiger charge is 2.13. The summed E-state index contributed by atoms with van der Waals surface area (Å²) in [6.07, 6.45) is 0. The molecule has 60 valence electrons. The van der Waals surface area contributed by atoms with Crippen LogP contribution in [-0.4, -0.2) is 27.4 Å². The molecule has 0 saturated heterocycles. The van der Waals surface area contributed by atoms with Crippen molar-refractivity contribution in [3.63, 3.8) is 0 Å². The van der Waals surface area contributed by atoms with Crippen molar-refractivity contribution in [3.8, 4) is 0 Å². The molecule has 0 amide bonds. The summed E-state index contributed by atoms with van der Waals surface area (Å²) >= 11 is 0. The topological polar surface area (TPSA) is 125 Å². The largest absolute Gasteiger partial charge is 0.470 e. The Balaban J connectivity index is 3.67. The van der Waals surface area contributed by atoms with E-state index in [1.165, 1.54) is 0 Å². The molecule has 7 nitrogen and oxygen atoms in total. The number of nitrogens with two attached hydrogens (primary N) is 1. The first-order valence-corrected chi connectivity index (χ1v) is 3.65. The van der Waals surface area contributed by atoms with E-state index in [1.807, 2.05) is 0 Å². The Morgan fingerprint density at radius 2 is 2.20 bits per heavy atom. The van der Waals surface area contributed by atoms with Gasteiger partial charge in [-0.15, -0.1) is 0 Å². The van der Waals surface area contributed by atoms with E-state index in [2.05, 4.69) is 9.68 Å². The molecule has 0 aromatic carbocycles. The van der Waals surface area contributed by atoms with Gasteiger partial charge in [-0.05, 0) is 0 Å². The molecule has 0 heterocycles. The monoisotopic (exact) mass is 170 g/mol. The summed E-state index contributed by atoms with van der Waals surface area (Å²) in [7, 11) is -4.50. The van der Waals surface area contributed by atoms with E-state index in [0.717, 1.165) is 0 Å². The van der Waals surface area contributed by atoms with E-state index in [1.54, 1.807) is 0 Å². The second-order valence-corrected chi connectivity index (χ2v) is 2.59. The van der Waals surface area contributed by atoms with Crippen molar-refractivity contribution in [2.45, 2.75) is 0 Å². The van der Waals surface area contributed by atoms with Gasteiger partial charge >= 0.3 is 7.82 Å². The molecular formula is C2H7N2O5P. The Labute approximate surface area is 56.3 Å². The molecule has 0 fully saturated rings. The highest BCUT2D eigenvalue weighted by molar-refractivity contribution is 7.46. The summed E-state index contributed by atoms with van der Waals surface area (Å²) in [5, 5.41) is 10.3. The molecule has 0 atom stereocenters. The lowest BCUT2D eigenvalue weighted by Gasteiger charge is -2.01. The Kier molecular flexibility index (Phi) is 3.31. The summed E-state index contributed by atoms with van der Waals surface area (Å²) in [5.41, 5.74) is 4.81. The first kappa shape index (κ1) is 9.38. The molecule has 0 aliphatic rings. The van der Waals surface area contributed by atoms with Gasteiger partial charge < -0.3 is 20.7 Å². The van der Waals surface area contributed by atoms with Gasteiger partial charge in [-0.2, -0.15) is 0 Å². The predicted octanol–water partition coefficient (Wildman–Crippen LogP) is -1.16. The van der Waals surface area contributed by atoms with Crippen LogP contribution in [0.3, 0.4) is 0 Å². The summed E-state index contributed by atoms with van der Waals surface area (Å²) in [5.74, 6) is -0.400. The lowest BCUT2D eigenvalue weighted by molar-refractivity contribution is 0.218. The number of amidine groups is 1. The average molecular weight is 170 g/mol.